The van der Waals surface area contributed by atoms with E-state index in [1.54, 1.807) is 36.4 Å². The summed E-state index contributed by atoms with van der Waals surface area (Å²) in [4.78, 5) is 24.8. The van der Waals surface area contributed by atoms with Crippen LogP contribution in [0, 0.1) is 20.8 Å². The number of esters is 1. The van der Waals surface area contributed by atoms with E-state index in [0.717, 1.165) is 16.8 Å². The first-order valence-corrected chi connectivity index (χ1v) is 9.56. The molecule has 0 aliphatic heterocycles. The van der Waals surface area contributed by atoms with E-state index < -0.39 is 18.0 Å². The molecule has 1 atom stereocenters. The van der Waals surface area contributed by atoms with Gasteiger partial charge >= 0.3 is 5.97 Å². The number of rotatable bonds is 7. The number of hydrogen-bond acceptors (Lipinski definition) is 6. The van der Waals surface area contributed by atoms with Crippen molar-refractivity contribution in [3.63, 3.8) is 0 Å². The van der Waals surface area contributed by atoms with Gasteiger partial charge in [-0.25, -0.2) is 4.79 Å². The van der Waals surface area contributed by atoms with Crippen molar-refractivity contribution in [2.45, 2.75) is 40.4 Å². The molecule has 30 heavy (non-hydrogen) atoms. The highest BCUT2D eigenvalue weighted by Crippen LogP contribution is 2.19. The lowest BCUT2D eigenvalue weighted by Crippen LogP contribution is -2.30. The third kappa shape index (κ3) is 5.26. The summed E-state index contributed by atoms with van der Waals surface area (Å²) in [5.41, 5.74) is 3.65. The van der Waals surface area contributed by atoms with E-state index in [4.69, 9.17) is 14.0 Å². The molecule has 0 radical (unpaired) electrons. The summed E-state index contributed by atoms with van der Waals surface area (Å²) < 4.78 is 16.2. The number of carbonyl (C=O) groups excluding carboxylic acids is 2. The summed E-state index contributed by atoms with van der Waals surface area (Å²) in [6, 6.07) is 14.0. The molecule has 7 heteroatoms. The van der Waals surface area contributed by atoms with Gasteiger partial charge in [-0.3, -0.25) is 4.79 Å². The Morgan fingerprint density at radius 3 is 2.50 bits per heavy atom. The highest BCUT2D eigenvalue weighted by Gasteiger charge is 2.19. The van der Waals surface area contributed by atoms with Crippen LogP contribution in [0.15, 0.2) is 53.1 Å². The van der Waals surface area contributed by atoms with Gasteiger partial charge in [-0.2, -0.15) is 0 Å². The summed E-state index contributed by atoms with van der Waals surface area (Å²) >= 11 is 0. The number of aryl methyl sites for hydroxylation is 3. The molecule has 156 valence electrons. The number of carbonyl (C=O) groups is 2. The summed E-state index contributed by atoms with van der Waals surface area (Å²) in [6.45, 7) is 7.41. The molecule has 0 saturated carbocycles. The topological polar surface area (TPSA) is 90.7 Å². The fourth-order valence-corrected chi connectivity index (χ4v) is 2.74. The van der Waals surface area contributed by atoms with Gasteiger partial charge in [-0.15, -0.1) is 0 Å². The number of amides is 1. The molecule has 0 bridgehead atoms. The van der Waals surface area contributed by atoms with E-state index in [-0.39, 0.29) is 6.61 Å². The van der Waals surface area contributed by atoms with Gasteiger partial charge in [0.05, 0.1) is 16.8 Å². The molecule has 0 fully saturated rings. The van der Waals surface area contributed by atoms with E-state index in [9.17, 15) is 9.59 Å². The van der Waals surface area contributed by atoms with Crippen molar-refractivity contribution in [1.82, 2.24) is 5.16 Å². The molecule has 1 aromatic heterocycles. The molecule has 3 aromatic rings. The van der Waals surface area contributed by atoms with Gasteiger partial charge in [0, 0.05) is 5.69 Å². The van der Waals surface area contributed by atoms with Crippen LogP contribution >= 0.6 is 0 Å². The minimum atomic E-state index is -0.953. The van der Waals surface area contributed by atoms with Crippen LogP contribution in [0.25, 0.3) is 0 Å². The number of nitrogens with one attached hydrogen (secondary N) is 1. The van der Waals surface area contributed by atoms with Crippen molar-refractivity contribution in [1.29, 1.82) is 0 Å². The monoisotopic (exact) mass is 408 g/mol. The summed E-state index contributed by atoms with van der Waals surface area (Å²) in [7, 11) is 0. The second-order valence-corrected chi connectivity index (χ2v) is 7.02. The standard InChI is InChI=1S/C23H24N2O5/c1-14-8-10-19(11-9-14)24-22(26)17(4)29-23(27)18-6-5-7-20(12-18)28-13-21-15(2)25-30-16(21)3/h5-12,17H,13H2,1-4H3,(H,24,26)/t17-/m0/s1. The summed E-state index contributed by atoms with van der Waals surface area (Å²) in [5.74, 6) is 0.181. The van der Waals surface area contributed by atoms with Gasteiger partial charge in [-0.1, -0.05) is 28.9 Å². The number of hydrogen-bond donors (Lipinski definition) is 1. The van der Waals surface area contributed by atoms with Crippen molar-refractivity contribution in [2.75, 3.05) is 5.32 Å². The van der Waals surface area contributed by atoms with Crippen LogP contribution in [-0.2, 0) is 16.1 Å². The zero-order chi connectivity index (χ0) is 21.7. The number of benzene rings is 2. The largest absolute Gasteiger partial charge is 0.489 e. The second kappa shape index (κ2) is 9.26. The first-order chi connectivity index (χ1) is 14.3. The first kappa shape index (κ1) is 21.1. The van der Waals surface area contributed by atoms with Crippen LogP contribution in [0.2, 0.25) is 0 Å². The molecular weight excluding hydrogens is 384 g/mol. The number of ether oxygens (including phenoxy) is 2. The SMILES string of the molecule is Cc1ccc(NC(=O)[C@H](C)OC(=O)c2cccc(OCc3c(C)noc3C)c2)cc1. The lowest BCUT2D eigenvalue weighted by atomic mass is 10.2. The minimum absolute atomic E-state index is 0.273. The second-order valence-electron chi connectivity index (χ2n) is 7.02. The molecule has 3 rings (SSSR count). The van der Waals surface area contributed by atoms with Crippen LogP contribution in [0.3, 0.4) is 0 Å². The zero-order valence-electron chi connectivity index (χ0n) is 17.4. The van der Waals surface area contributed by atoms with Crippen molar-refractivity contribution in [3.05, 3.63) is 76.7 Å². The van der Waals surface area contributed by atoms with Crippen molar-refractivity contribution < 1.29 is 23.6 Å². The van der Waals surface area contributed by atoms with E-state index >= 15 is 0 Å². The Balaban J connectivity index is 1.58. The Morgan fingerprint density at radius 2 is 1.83 bits per heavy atom. The average Bonchev–Trinajstić information content (AvgIpc) is 3.05. The van der Waals surface area contributed by atoms with E-state index in [1.807, 2.05) is 32.9 Å². The summed E-state index contributed by atoms with van der Waals surface area (Å²) in [5, 5.41) is 6.62. The number of aromatic nitrogens is 1. The van der Waals surface area contributed by atoms with Crippen LogP contribution in [0.1, 0.15) is 39.9 Å². The van der Waals surface area contributed by atoms with E-state index in [1.165, 1.54) is 6.92 Å². The number of nitrogens with zero attached hydrogens (tertiary/aromatic N) is 1. The highest BCUT2D eigenvalue weighted by atomic mass is 16.5. The first-order valence-electron chi connectivity index (χ1n) is 9.56. The molecule has 2 aromatic carbocycles. The average molecular weight is 408 g/mol. The molecule has 0 spiro atoms. The third-order valence-corrected chi connectivity index (χ3v) is 4.61. The Hall–Kier alpha value is -3.61. The highest BCUT2D eigenvalue weighted by molar-refractivity contribution is 5.97. The molecule has 1 amide bonds. The molecule has 0 saturated heterocycles. The van der Waals surface area contributed by atoms with E-state index in [2.05, 4.69) is 10.5 Å². The van der Waals surface area contributed by atoms with E-state index in [0.29, 0.717) is 22.8 Å². The predicted molar refractivity (Wildman–Crippen MR) is 111 cm³/mol. The Bertz CT molecular complexity index is 1020. The normalized spacial score (nSPS) is 11.6. The third-order valence-electron chi connectivity index (χ3n) is 4.61. The maximum absolute atomic E-state index is 12.5. The van der Waals surface area contributed by atoms with Gasteiger partial charge in [0.25, 0.3) is 5.91 Å². The van der Waals surface area contributed by atoms with Gasteiger partial charge in [-0.05, 0) is 58.0 Å². The lowest BCUT2D eigenvalue weighted by Gasteiger charge is -2.14. The fraction of sp³-hybridized carbons (Fsp3) is 0.261. The van der Waals surface area contributed by atoms with Crippen molar-refractivity contribution >= 4 is 17.6 Å². The van der Waals surface area contributed by atoms with Gasteiger partial charge < -0.3 is 19.3 Å². The fourth-order valence-electron chi connectivity index (χ4n) is 2.74. The predicted octanol–water partition coefficient (Wildman–Crippen LogP) is 4.36. The molecule has 7 nitrogen and oxygen atoms in total. The molecule has 0 unspecified atom stereocenters. The Kier molecular flexibility index (Phi) is 6.51. The van der Waals surface area contributed by atoms with Gasteiger partial charge in [0.1, 0.15) is 18.1 Å². The number of anilines is 1. The molecule has 0 aliphatic carbocycles. The van der Waals surface area contributed by atoms with Gasteiger partial charge in [0.15, 0.2) is 6.10 Å². The van der Waals surface area contributed by atoms with Gasteiger partial charge in [0.2, 0.25) is 0 Å². The smallest absolute Gasteiger partial charge is 0.339 e. The van der Waals surface area contributed by atoms with Crippen molar-refractivity contribution in [2.24, 2.45) is 0 Å². The summed E-state index contributed by atoms with van der Waals surface area (Å²) in [6.07, 6.45) is -0.953. The van der Waals surface area contributed by atoms with Crippen molar-refractivity contribution in [3.8, 4) is 5.75 Å². The molecular formula is C23H24N2O5. The Morgan fingerprint density at radius 1 is 1.10 bits per heavy atom. The molecule has 1 N–H and O–H groups in total. The minimum Gasteiger partial charge on any atom is -0.489 e. The maximum atomic E-state index is 12.5. The molecule has 1 heterocycles. The molecule has 0 aliphatic rings. The van der Waals surface area contributed by atoms with Crippen LogP contribution in [0.5, 0.6) is 5.75 Å². The van der Waals surface area contributed by atoms with Crippen LogP contribution in [0.4, 0.5) is 5.69 Å². The zero-order valence-corrected chi connectivity index (χ0v) is 17.4. The quantitative estimate of drug-likeness (QED) is 0.584. The lowest BCUT2D eigenvalue weighted by molar-refractivity contribution is -0.123. The van der Waals surface area contributed by atoms with Crippen LogP contribution in [-0.4, -0.2) is 23.1 Å². The Labute approximate surface area is 175 Å². The van der Waals surface area contributed by atoms with Crippen LogP contribution < -0.4 is 10.1 Å². The maximum Gasteiger partial charge on any atom is 0.339 e.